The van der Waals surface area contributed by atoms with Gasteiger partial charge in [0.25, 0.3) is 5.91 Å². The number of hydrogen-bond acceptors (Lipinski definition) is 2. The van der Waals surface area contributed by atoms with Crippen LogP contribution in [0.15, 0.2) is 77.3 Å². The van der Waals surface area contributed by atoms with Crippen LogP contribution in [0, 0.1) is 11.6 Å². The Balaban J connectivity index is 1.70. The number of nitrogens with zero attached hydrogens (tertiary/aromatic N) is 1. The number of nitrogens with one attached hydrogen (secondary N) is 2. The van der Waals surface area contributed by atoms with Crippen LogP contribution < -0.4 is 15.5 Å². The predicted molar refractivity (Wildman–Crippen MR) is 116 cm³/mol. The SMILES string of the molecule is O=C(NCCN(C(=O)Nc1ccccc1F)c1ccc(F)cc1)c1ccc(Br)cc1. The van der Waals surface area contributed by atoms with Gasteiger partial charge in [0.15, 0.2) is 0 Å². The zero-order valence-electron chi connectivity index (χ0n) is 15.7. The van der Waals surface area contributed by atoms with Crippen LogP contribution in [-0.2, 0) is 0 Å². The van der Waals surface area contributed by atoms with Crippen molar-refractivity contribution in [2.75, 3.05) is 23.3 Å². The van der Waals surface area contributed by atoms with Crippen molar-refractivity contribution in [2.45, 2.75) is 0 Å². The van der Waals surface area contributed by atoms with Crippen LogP contribution in [-0.4, -0.2) is 25.0 Å². The molecule has 0 bridgehead atoms. The Labute approximate surface area is 180 Å². The highest BCUT2D eigenvalue weighted by atomic mass is 79.9. The number of anilines is 2. The minimum atomic E-state index is -0.607. The lowest BCUT2D eigenvalue weighted by Gasteiger charge is -2.23. The Bertz CT molecular complexity index is 1030. The van der Waals surface area contributed by atoms with E-state index in [9.17, 15) is 18.4 Å². The zero-order chi connectivity index (χ0) is 21.5. The number of amides is 3. The first kappa shape index (κ1) is 21.4. The largest absolute Gasteiger partial charge is 0.350 e. The van der Waals surface area contributed by atoms with E-state index >= 15 is 0 Å². The van der Waals surface area contributed by atoms with Gasteiger partial charge in [-0.15, -0.1) is 0 Å². The molecule has 0 unspecified atom stereocenters. The molecule has 30 heavy (non-hydrogen) atoms. The summed E-state index contributed by atoms with van der Waals surface area (Å²) in [6.07, 6.45) is 0. The maximum atomic E-state index is 13.9. The number of halogens is 3. The Kier molecular flexibility index (Phi) is 7.13. The van der Waals surface area contributed by atoms with E-state index in [-0.39, 0.29) is 24.7 Å². The van der Waals surface area contributed by atoms with Gasteiger partial charge < -0.3 is 10.6 Å². The summed E-state index contributed by atoms with van der Waals surface area (Å²) in [6, 6.07) is 17.3. The van der Waals surface area contributed by atoms with Gasteiger partial charge in [-0.25, -0.2) is 13.6 Å². The van der Waals surface area contributed by atoms with E-state index in [1.807, 2.05) is 0 Å². The smallest absolute Gasteiger partial charge is 0.326 e. The second-order valence-electron chi connectivity index (χ2n) is 6.30. The molecule has 0 heterocycles. The summed E-state index contributed by atoms with van der Waals surface area (Å²) in [5.74, 6) is -1.32. The number of carbonyl (C=O) groups excluding carboxylic acids is 2. The monoisotopic (exact) mass is 473 g/mol. The summed E-state index contributed by atoms with van der Waals surface area (Å²) in [5.41, 5.74) is 0.902. The lowest BCUT2D eigenvalue weighted by molar-refractivity contribution is 0.0954. The van der Waals surface area contributed by atoms with Crippen LogP contribution in [0.2, 0.25) is 0 Å². The molecular formula is C22H18BrF2N3O2. The quantitative estimate of drug-likeness (QED) is 0.516. The average Bonchev–Trinajstić information content (AvgIpc) is 2.74. The van der Waals surface area contributed by atoms with Crippen molar-refractivity contribution in [3.63, 3.8) is 0 Å². The van der Waals surface area contributed by atoms with E-state index in [1.54, 1.807) is 30.3 Å². The number of hydrogen-bond donors (Lipinski definition) is 2. The molecule has 3 aromatic carbocycles. The lowest BCUT2D eigenvalue weighted by Crippen LogP contribution is -2.41. The standard InChI is InChI=1S/C22H18BrF2N3O2/c23-16-7-5-15(6-8-16)21(29)26-13-14-28(18-11-9-17(24)10-12-18)22(30)27-20-4-2-1-3-19(20)25/h1-12H,13-14H2,(H,26,29)(H,27,30). The van der Waals surface area contributed by atoms with E-state index in [4.69, 9.17) is 0 Å². The number of urea groups is 1. The van der Waals surface area contributed by atoms with Crippen molar-refractivity contribution in [2.24, 2.45) is 0 Å². The van der Waals surface area contributed by atoms with Crippen LogP contribution in [0.1, 0.15) is 10.4 Å². The first-order valence-electron chi connectivity index (χ1n) is 9.06. The Morgan fingerprint density at radius 2 is 1.57 bits per heavy atom. The molecule has 0 aromatic heterocycles. The van der Waals surface area contributed by atoms with Crippen LogP contribution in [0.25, 0.3) is 0 Å². The van der Waals surface area contributed by atoms with Gasteiger partial charge in [0, 0.05) is 28.8 Å². The number of para-hydroxylation sites is 1. The second kappa shape index (κ2) is 9.98. The molecule has 0 aliphatic heterocycles. The molecule has 154 valence electrons. The van der Waals surface area contributed by atoms with Crippen molar-refractivity contribution in [3.05, 3.63) is 94.5 Å². The minimum Gasteiger partial charge on any atom is -0.350 e. The molecule has 0 saturated carbocycles. The fourth-order valence-corrected chi connectivity index (χ4v) is 2.96. The van der Waals surface area contributed by atoms with E-state index in [1.165, 1.54) is 47.4 Å². The molecule has 8 heteroatoms. The van der Waals surface area contributed by atoms with E-state index in [2.05, 4.69) is 26.6 Å². The van der Waals surface area contributed by atoms with Crippen molar-refractivity contribution >= 4 is 39.2 Å². The van der Waals surface area contributed by atoms with Crippen molar-refractivity contribution in [1.82, 2.24) is 5.32 Å². The van der Waals surface area contributed by atoms with Crippen LogP contribution >= 0.6 is 15.9 Å². The molecule has 0 radical (unpaired) electrons. The molecule has 0 saturated heterocycles. The third kappa shape index (κ3) is 5.64. The summed E-state index contributed by atoms with van der Waals surface area (Å²) in [4.78, 5) is 26.3. The van der Waals surface area contributed by atoms with Gasteiger partial charge in [-0.05, 0) is 60.7 Å². The minimum absolute atomic E-state index is 0.0218. The normalized spacial score (nSPS) is 10.4. The van der Waals surface area contributed by atoms with Crippen molar-refractivity contribution in [3.8, 4) is 0 Å². The van der Waals surface area contributed by atoms with Gasteiger partial charge in [-0.1, -0.05) is 28.1 Å². The van der Waals surface area contributed by atoms with Crippen molar-refractivity contribution < 1.29 is 18.4 Å². The maximum Gasteiger partial charge on any atom is 0.326 e. The first-order valence-corrected chi connectivity index (χ1v) is 9.86. The average molecular weight is 474 g/mol. The first-order chi connectivity index (χ1) is 14.4. The summed E-state index contributed by atoms with van der Waals surface area (Å²) < 4.78 is 28.0. The van der Waals surface area contributed by atoms with Gasteiger partial charge in [0.05, 0.1) is 5.69 Å². The Morgan fingerprint density at radius 3 is 2.23 bits per heavy atom. The van der Waals surface area contributed by atoms with Gasteiger partial charge in [-0.2, -0.15) is 0 Å². The van der Waals surface area contributed by atoms with Crippen LogP contribution in [0.5, 0.6) is 0 Å². The maximum absolute atomic E-state index is 13.9. The van der Waals surface area contributed by atoms with Gasteiger partial charge in [-0.3, -0.25) is 9.69 Å². The van der Waals surface area contributed by atoms with Gasteiger partial charge in [0.1, 0.15) is 11.6 Å². The van der Waals surface area contributed by atoms with Crippen LogP contribution in [0.3, 0.4) is 0 Å². The molecule has 0 aliphatic carbocycles. The summed E-state index contributed by atoms with van der Waals surface area (Å²) in [5, 5.41) is 5.24. The highest BCUT2D eigenvalue weighted by Crippen LogP contribution is 2.18. The Morgan fingerprint density at radius 1 is 0.900 bits per heavy atom. The molecule has 0 atom stereocenters. The van der Waals surface area contributed by atoms with E-state index in [0.29, 0.717) is 11.3 Å². The molecule has 3 rings (SSSR count). The number of benzene rings is 3. The molecule has 3 amide bonds. The summed E-state index contributed by atoms with van der Waals surface area (Å²) in [6.45, 7) is 0.227. The van der Waals surface area contributed by atoms with E-state index < -0.39 is 17.7 Å². The molecule has 0 fully saturated rings. The molecule has 0 aliphatic rings. The molecular weight excluding hydrogens is 456 g/mol. The molecule has 5 nitrogen and oxygen atoms in total. The fourth-order valence-electron chi connectivity index (χ4n) is 2.70. The second-order valence-corrected chi connectivity index (χ2v) is 7.22. The van der Waals surface area contributed by atoms with Crippen molar-refractivity contribution in [1.29, 1.82) is 0 Å². The van der Waals surface area contributed by atoms with E-state index in [0.717, 1.165) is 4.47 Å². The topological polar surface area (TPSA) is 61.4 Å². The third-order valence-electron chi connectivity index (χ3n) is 4.23. The molecule has 0 spiro atoms. The van der Waals surface area contributed by atoms with Gasteiger partial charge in [0.2, 0.25) is 0 Å². The molecule has 2 N–H and O–H groups in total. The summed E-state index contributed by atoms with van der Waals surface area (Å²) in [7, 11) is 0. The Hall–Kier alpha value is -3.26. The highest BCUT2D eigenvalue weighted by molar-refractivity contribution is 9.10. The zero-order valence-corrected chi connectivity index (χ0v) is 17.3. The van der Waals surface area contributed by atoms with Gasteiger partial charge >= 0.3 is 6.03 Å². The fraction of sp³-hybridized carbons (Fsp3) is 0.0909. The highest BCUT2D eigenvalue weighted by Gasteiger charge is 2.18. The number of rotatable bonds is 6. The number of carbonyl (C=O) groups is 2. The molecule has 3 aromatic rings. The third-order valence-corrected chi connectivity index (χ3v) is 4.75. The van der Waals surface area contributed by atoms with Crippen LogP contribution in [0.4, 0.5) is 25.0 Å². The predicted octanol–water partition coefficient (Wildman–Crippen LogP) is 5.20. The lowest BCUT2D eigenvalue weighted by atomic mass is 10.2. The summed E-state index contributed by atoms with van der Waals surface area (Å²) >= 11 is 3.31.